The van der Waals surface area contributed by atoms with E-state index in [1.165, 1.54) is 6.08 Å². The molecule has 0 aliphatic carbocycles. The normalized spacial score (nSPS) is 16.7. The van der Waals surface area contributed by atoms with Gasteiger partial charge in [-0.15, -0.1) is 6.58 Å². The van der Waals surface area contributed by atoms with Crippen LogP contribution >= 0.6 is 0 Å². The molecule has 1 rings (SSSR count). The molecule has 0 radical (unpaired) electrons. The highest BCUT2D eigenvalue weighted by atomic mass is 16.4. The summed E-state index contributed by atoms with van der Waals surface area (Å²) in [5.41, 5.74) is 6.01. The molecule has 0 aromatic heterocycles. The van der Waals surface area contributed by atoms with Gasteiger partial charge in [0.25, 0.3) is 5.91 Å². The summed E-state index contributed by atoms with van der Waals surface area (Å²) in [5, 5.41) is 65.7. The Morgan fingerprint density at radius 1 is 0.892 bits per heavy atom. The molecule has 1 aromatic carbocycles. The molecule has 37 heavy (non-hydrogen) atoms. The highest BCUT2D eigenvalue weighted by Gasteiger charge is 2.37. The van der Waals surface area contributed by atoms with Crippen molar-refractivity contribution in [3.8, 4) is 0 Å². The number of benzene rings is 1. The van der Waals surface area contributed by atoms with Crippen LogP contribution in [0.2, 0.25) is 0 Å². The van der Waals surface area contributed by atoms with Crippen molar-refractivity contribution in [2.75, 3.05) is 13.2 Å². The van der Waals surface area contributed by atoms with E-state index in [1.54, 1.807) is 30.3 Å². The number of amides is 3. The Morgan fingerprint density at radius 2 is 1.51 bits per heavy atom. The van der Waals surface area contributed by atoms with E-state index in [9.17, 15) is 44.7 Å². The van der Waals surface area contributed by atoms with Crippen LogP contribution in [0.25, 0.3) is 0 Å². The fourth-order valence-corrected chi connectivity index (χ4v) is 3.23. The number of carboxylic acids is 1. The second kappa shape index (κ2) is 15.7. The lowest BCUT2D eigenvalue weighted by atomic mass is 9.99. The topological polar surface area (TPSA) is 252 Å². The third-order valence-corrected chi connectivity index (χ3v) is 5.35. The number of hydrogen-bond donors (Lipinski definition) is 10. The summed E-state index contributed by atoms with van der Waals surface area (Å²) in [6, 6.07) is 2.69. The summed E-state index contributed by atoms with van der Waals surface area (Å²) in [5.74, 6) is -4.31. The van der Waals surface area contributed by atoms with E-state index in [1.807, 2.05) is 0 Å². The molecule has 0 aliphatic heterocycles. The average molecular weight is 527 g/mol. The van der Waals surface area contributed by atoms with Crippen LogP contribution in [0.15, 0.2) is 43.0 Å². The Morgan fingerprint density at radius 3 is 2.03 bits per heavy atom. The largest absolute Gasteiger partial charge is 0.481 e. The molecule has 3 amide bonds. The van der Waals surface area contributed by atoms with Gasteiger partial charge in [-0.25, -0.2) is 0 Å². The molecule has 0 saturated carbocycles. The summed E-state index contributed by atoms with van der Waals surface area (Å²) in [7, 11) is 0. The molecule has 14 nitrogen and oxygen atoms in total. The van der Waals surface area contributed by atoms with Crippen molar-refractivity contribution in [3.05, 3.63) is 48.6 Å². The van der Waals surface area contributed by atoms with E-state index in [2.05, 4.69) is 22.5 Å². The third-order valence-electron chi connectivity index (χ3n) is 5.35. The smallest absolute Gasteiger partial charge is 0.305 e. The third kappa shape index (κ3) is 9.87. The number of nitrogens with one attached hydrogen (secondary N) is 3. The average Bonchev–Trinajstić information content (AvgIpc) is 2.88. The number of nitrogens with two attached hydrogens (primary N) is 1. The van der Waals surface area contributed by atoms with Crippen LogP contribution in [-0.2, 0) is 19.2 Å². The lowest BCUT2D eigenvalue weighted by Gasteiger charge is -2.30. The second-order valence-electron chi connectivity index (χ2n) is 8.17. The number of aliphatic hydroxyl groups excluding tert-OH is 5. The Labute approximate surface area is 212 Å². The molecule has 0 unspecified atom stereocenters. The van der Waals surface area contributed by atoms with Crippen molar-refractivity contribution in [1.82, 2.24) is 16.0 Å². The Bertz CT molecular complexity index is 916. The number of hydrogen-bond acceptors (Lipinski definition) is 10. The van der Waals surface area contributed by atoms with Gasteiger partial charge in [-0.3, -0.25) is 19.2 Å². The molecule has 0 heterocycles. The van der Waals surface area contributed by atoms with Crippen molar-refractivity contribution < 1.29 is 49.8 Å². The molecule has 0 aliphatic rings. The highest BCUT2D eigenvalue weighted by Crippen LogP contribution is 2.17. The number of carbonyl (C=O) groups excluding carboxylic acids is 3. The zero-order valence-electron chi connectivity index (χ0n) is 19.9. The van der Waals surface area contributed by atoms with Crippen molar-refractivity contribution in [2.24, 2.45) is 5.73 Å². The highest BCUT2D eigenvalue weighted by molar-refractivity contribution is 5.90. The number of carbonyl (C=O) groups is 4. The molecular weight excluding hydrogens is 492 g/mol. The van der Waals surface area contributed by atoms with Crippen LogP contribution in [-0.4, -0.2) is 104 Å². The first-order valence-electron chi connectivity index (χ1n) is 11.3. The van der Waals surface area contributed by atoms with Gasteiger partial charge in [-0.2, -0.15) is 0 Å². The molecule has 11 N–H and O–H groups in total. The van der Waals surface area contributed by atoms with Gasteiger partial charge >= 0.3 is 5.97 Å². The Kier molecular flexibility index (Phi) is 13.4. The van der Waals surface area contributed by atoms with Gasteiger partial charge in [0.2, 0.25) is 11.8 Å². The van der Waals surface area contributed by atoms with Crippen LogP contribution in [0.1, 0.15) is 24.4 Å². The molecule has 1 aromatic rings. The van der Waals surface area contributed by atoms with E-state index in [-0.39, 0.29) is 6.42 Å². The van der Waals surface area contributed by atoms with Gasteiger partial charge < -0.3 is 52.3 Å². The van der Waals surface area contributed by atoms with Crippen molar-refractivity contribution in [3.63, 3.8) is 0 Å². The molecule has 0 saturated heterocycles. The SMILES string of the molecule is C=CC[C@H](N)C(=O)N[C@@H](CO)C(=O)N[C@@H](CO)[C@@H](O)[C@@H](O)[C@H](O)C(=O)N[C@@H](CC(=O)O)c1ccccc1. The predicted octanol–water partition coefficient (Wildman–Crippen LogP) is -3.74. The zero-order chi connectivity index (χ0) is 28.1. The summed E-state index contributed by atoms with van der Waals surface area (Å²) in [6.07, 6.45) is -5.69. The van der Waals surface area contributed by atoms with Gasteiger partial charge in [0.05, 0.1) is 37.8 Å². The molecule has 0 spiro atoms. The van der Waals surface area contributed by atoms with Gasteiger partial charge in [-0.1, -0.05) is 36.4 Å². The lowest BCUT2D eigenvalue weighted by Crippen LogP contribution is -2.60. The second-order valence-corrected chi connectivity index (χ2v) is 8.17. The molecule has 0 bridgehead atoms. The van der Waals surface area contributed by atoms with Crippen molar-refractivity contribution >= 4 is 23.7 Å². The molecule has 14 heteroatoms. The maximum atomic E-state index is 12.5. The van der Waals surface area contributed by atoms with E-state index >= 15 is 0 Å². The summed E-state index contributed by atoms with van der Waals surface area (Å²) < 4.78 is 0. The molecule has 0 fully saturated rings. The summed E-state index contributed by atoms with van der Waals surface area (Å²) in [4.78, 5) is 48.1. The minimum atomic E-state index is -2.29. The fourth-order valence-electron chi connectivity index (χ4n) is 3.23. The van der Waals surface area contributed by atoms with Crippen LogP contribution in [0, 0.1) is 0 Å². The maximum Gasteiger partial charge on any atom is 0.305 e. The van der Waals surface area contributed by atoms with Crippen LogP contribution in [0.3, 0.4) is 0 Å². The van der Waals surface area contributed by atoms with Gasteiger partial charge in [0.1, 0.15) is 18.2 Å². The summed E-state index contributed by atoms with van der Waals surface area (Å²) >= 11 is 0. The van der Waals surface area contributed by atoms with E-state index < -0.39 is 85.8 Å². The number of aliphatic hydroxyl groups is 5. The van der Waals surface area contributed by atoms with E-state index in [0.29, 0.717) is 5.56 Å². The van der Waals surface area contributed by atoms with E-state index in [0.717, 1.165) is 0 Å². The van der Waals surface area contributed by atoms with Crippen molar-refractivity contribution in [1.29, 1.82) is 0 Å². The zero-order valence-corrected chi connectivity index (χ0v) is 19.9. The quantitative estimate of drug-likeness (QED) is 0.0937. The summed E-state index contributed by atoms with van der Waals surface area (Å²) in [6.45, 7) is 1.59. The molecule has 206 valence electrons. The Hall–Kier alpha value is -3.40. The van der Waals surface area contributed by atoms with Crippen LogP contribution in [0.5, 0.6) is 0 Å². The predicted molar refractivity (Wildman–Crippen MR) is 128 cm³/mol. The number of rotatable bonds is 16. The number of aliphatic carboxylic acids is 1. The van der Waals surface area contributed by atoms with Gasteiger partial charge in [-0.05, 0) is 12.0 Å². The van der Waals surface area contributed by atoms with Crippen LogP contribution in [0.4, 0.5) is 0 Å². The number of carboxylic acid groups (broad SMARTS) is 1. The standard InChI is InChI=1S/C23H34N4O10/c1-2-6-13(24)21(35)27-16(11-29)22(36)26-15(10-28)18(32)19(33)20(34)23(37)25-14(9-17(30)31)12-7-4-3-5-8-12/h2-5,7-8,13-16,18-20,28-29,32-34H,1,6,9-11,24H2,(H,25,37)(H,26,36)(H,27,35)(H,30,31)/t13-,14-,15-,16-,18+,19+,20-/m0/s1. The first kappa shape index (κ1) is 31.6. The lowest BCUT2D eigenvalue weighted by molar-refractivity contribution is -0.145. The first-order valence-corrected chi connectivity index (χ1v) is 11.3. The Balaban J connectivity index is 2.86. The van der Waals surface area contributed by atoms with Gasteiger partial charge in [0.15, 0.2) is 6.10 Å². The van der Waals surface area contributed by atoms with Crippen LogP contribution < -0.4 is 21.7 Å². The molecule has 7 atom stereocenters. The fraction of sp³-hybridized carbons (Fsp3) is 0.478. The minimum Gasteiger partial charge on any atom is -0.481 e. The maximum absolute atomic E-state index is 12.5. The molecular formula is C23H34N4O10. The first-order chi connectivity index (χ1) is 17.5. The van der Waals surface area contributed by atoms with Crippen molar-refractivity contribution in [2.45, 2.75) is 55.3 Å². The minimum absolute atomic E-state index is 0.0906. The monoisotopic (exact) mass is 526 g/mol. The van der Waals surface area contributed by atoms with E-state index in [4.69, 9.17) is 10.8 Å². The van der Waals surface area contributed by atoms with Gasteiger partial charge in [0, 0.05) is 0 Å².